The molecule has 2 aromatic carbocycles. The minimum Gasteiger partial charge on any atom is -0.348 e. The van der Waals surface area contributed by atoms with E-state index in [0.717, 1.165) is 5.56 Å². The second-order valence-corrected chi connectivity index (χ2v) is 5.25. The van der Waals surface area contributed by atoms with E-state index in [4.69, 9.17) is 0 Å². The zero-order valence-electron chi connectivity index (χ0n) is 12.7. The van der Waals surface area contributed by atoms with Gasteiger partial charge in [0.25, 0.3) is 5.91 Å². The average molecular weight is 324 g/mol. The molecule has 0 aliphatic rings. The van der Waals surface area contributed by atoms with Gasteiger partial charge < -0.3 is 5.32 Å². The minimum absolute atomic E-state index is 0.267. The second-order valence-electron chi connectivity index (χ2n) is 5.25. The van der Waals surface area contributed by atoms with E-state index in [2.05, 4.69) is 10.3 Å². The Kier molecular flexibility index (Phi) is 4.61. The molecular weight excluding hydrogens is 310 g/mol. The number of nitrogens with one attached hydrogen (secondary N) is 1. The first kappa shape index (κ1) is 15.8. The van der Waals surface area contributed by atoms with Crippen LogP contribution in [0.4, 0.5) is 8.78 Å². The third kappa shape index (κ3) is 3.63. The number of amides is 1. The van der Waals surface area contributed by atoms with E-state index in [1.54, 1.807) is 36.4 Å². The molecular formula is C19H14F2N2O. The Hall–Kier alpha value is -3.08. The minimum atomic E-state index is -0.372. The molecule has 120 valence electrons. The van der Waals surface area contributed by atoms with Crippen molar-refractivity contribution in [2.45, 2.75) is 6.54 Å². The quantitative estimate of drug-likeness (QED) is 0.789. The van der Waals surface area contributed by atoms with Gasteiger partial charge in [-0.15, -0.1) is 0 Å². The molecule has 0 aliphatic carbocycles. The molecule has 0 saturated carbocycles. The van der Waals surface area contributed by atoms with Crippen LogP contribution in [-0.4, -0.2) is 10.9 Å². The number of benzene rings is 2. The second kappa shape index (κ2) is 7.00. The average Bonchev–Trinajstić information content (AvgIpc) is 2.61. The van der Waals surface area contributed by atoms with Gasteiger partial charge in [-0.2, -0.15) is 0 Å². The number of aromatic nitrogens is 1. The lowest BCUT2D eigenvalue weighted by atomic mass is 10.1. The van der Waals surface area contributed by atoms with Crippen molar-refractivity contribution in [3.05, 3.63) is 89.8 Å². The fourth-order valence-electron chi connectivity index (χ4n) is 2.29. The van der Waals surface area contributed by atoms with Crippen LogP contribution in [0.15, 0.2) is 67.0 Å². The summed E-state index contributed by atoms with van der Waals surface area (Å²) in [6, 6.07) is 13.8. The zero-order chi connectivity index (χ0) is 16.9. The van der Waals surface area contributed by atoms with Gasteiger partial charge in [0.1, 0.15) is 11.6 Å². The van der Waals surface area contributed by atoms with E-state index in [1.807, 2.05) is 0 Å². The van der Waals surface area contributed by atoms with Crippen LogP contribution in [0.25, 0.3) is 11.1 Å². The van der Waals surface area contributed by atoms with Crippen LogP contribution in [0.3, 0.4) is 0 Å². The van der Waals surface area contributed by atoms with Crippen molar-refractivity contribution in [2.75, 3.05) is 0 Å². The van der Waals surface area contributed by atoms with Crippen molar-refractivity contribution in [3.8, 4) is 11.1 Å². The highest BCUT2D eigenvalue weighted by molar-refractivity contribution is 5.95. The van der Waals surface area contributed by atoms with E-state index in [-0.39, 0.29) is 24.1 Å². The van der Waals surface area contributed by atoms with E-state index < -0.39 is 0 Å². The standard InChI is InChI=1S/C19H14F2N2O/c20-16-7-5-13(6-8-16)10-23-19(24)15-9-14(11-22-12-15)17-3-1-2-4-18(17)21/h1-9,11-12H,10H2,(H,23,24). The molecule has 3 rings (SSSR count). The summed E-state index contributed by atoms with van der Waals surface area (Å²) >= 11 is 0. The van der Waals surface area contributed by atoms with Crippen molar-refractivity contribution in [3.63, 3.8) is 0 Å². The summed E-state index contributed by atoms with van der Waals surface area (Å²) in [5.41, 5.74) is 2.03. The molecule has 5 heteroatoms. The molecule has 0 spiro atoms. The van der Waals surface area contributed by atoms with E-state index in [9.17, 15) is 13.6 Å². The van der Waals surface area contributed by atoms with Crippen LogP contribution < -0.4 is 5.32 Å². The Labute approximate surface area is 138 Å². The first-order chi connectivity index (χ1) is 11.6. The zero-order valence-corrected chi connectivity index (χ0v) is 12.7. The molecule has 0 radical (unpaired) electrons. The number of hydrogen-bond donors (Lipinski definition) is 1. The number of nitrogens with zero attached hydrogens (tertiary/aromatic N) is 1. The van der Waals surface area contributed by atoms with Gasteiger partial charge in [0, 0.05) is 30.1 Å². The third-order valence-corrected chi connectivity index (χ3v) is 3.55. The monoisotopic (exact) mass is 324 g/mol. The highest BCUT2D eigenvalue weighted by Crippen LogP contribution is 2.22. The van der Waals surface area contributed by atoms with Gasteiger partial charge in [0.2, 0.25) is 0 Å². The Morgan fingerprint density at radius 2 is 1.75 bits per heavy atom. The number of carbonyl (C=O) groups is 1. The molecule has 0 atom stereocenters. The summed E-state index contributed by atoms with van der Waals surface area (Å²) in [5, 5.41) is 2.73. The summed E-state index contributed by atoms with van der Waals surface area (Å²) in [5.74, 6) is -1.03. The molecule has 0 saturated heterocycles. The van der Waals surface area contributed by atoms with Crippen LogP contribution >= 0.6 is 0 Å². The summed E-state index contributed by atoms with van der Waals surface area (Å²) in [4.78, 5) is 16.2. The molecule has 24 heavy (non-hydrogen) atoms. The van der Waals surface area contributed by atoms with Crippen molar-refractivity contribution in [1.82, 2.24) is 10.3 Å². The SMILES string of the molecule is O=C(NCc1ccc(F)cc1)c1cncc(-c2ccccc2F)c1. The van der Waals surface area contributed by atoms with Gasteiger partial charge in [-0.05, 0) is 29.8 Å². The maximum Gasteiger partial charge on any atom is 0.253 e. The van der Waals surface area contributed by atoms with Gasteiger partial charge in [0.15, 0.2) is 0 Å². The van der Waals surface area contributed by atoms with Crippen molar-refractivity contribution in [2.24, 2.45) is 0 Å². The predicted molar refractivity (Wildman–Crippen MR) is 87.2 cm³/mol. The number of carbonyl (C=O) groups excluding carboxylic acids is 1. The molecule has 1 N–H and O–H groups in total. The first-order valence-electron chi connectivity index (χ1n) is 7.36. The molecule has 3 aromatic rings. The lowest BCUT2D eigenvalue weighted by Gasteiger charge is -2.07. The van der Waals surface area contributed by atoms with Crippen molar-refractivity contribution < 1.29 is 13.6 Å². The molecule has 0 bridgehead atoms. The smallest absolute Gasteiger partial charge is 0.253 e. The Morgan fingerprint density at radius 3 is 2.50 bits per heavy atom. The summed E-state index contributed by atoms with van der Waals surface area (Å²) < 4.78 is 26.7. The van der Waals surface area contributed by atoms with E-state index in [1.165, 1.54) is 30.6 Å². The number of hydrogen-bond acceptors (Lipinski definition) is 2. The highest BCUT2D eigenvalue weighted by Gasteiger charge is 2.10. The largest absolute Gasteiger partial charge is 0.348 e. The maximum atomic E-state index is 13.9. The van der Waals surface area contributed by atoms with Crippen LogP contribution in [0, 0.1) is 11.6 Å². The van der Waals surface area contributed by atoms with E-state index in [0.29, 0.717) is 16.7 Å². The maximum absolute atomic E-state index is 13.9. The molecule has 3 nitrogen and oxygen atoms in total. The lowest BCUT2D eigenvalue weighted by molar-refractivity contribution is 0.0950. The fraction of sp³-hybridized carbons (Fsp3) is 0.0526. The summed E-state index contributed by atoms with van der Waals surface area (Å²) in [7, 11) is 0. The van der Waals surface area contributed by atoms with Crippen molar-refractivity contribution in [1.29, 1.82) is 0 Å². The van der Waals surface area contributed by atoms with Crippen LogP contribution in [0.5, 0.6) is 0 Å². The number of pyridine rings is 1. The number of rotatable bonds is 4. The Balaban J connectivity index is 1.75. The fourth-order valence-corrected chi connectivity index (χ4v) is 2.29. The molecule has 1 aromatic heterocycles. The van der Waals surface area contributed by atoms with Gasteiger partial charge in [-0.1, -0.05) is 30.3 Å². The van der Waals surface area contributed by atoms with Gasteiger partial charge >= 0.3 is 0 Å². The number of halogens is 2. The third-order valence-electron chi connectivity index (χ3n) is 3.55. The summed E-state index contributed by atoms with van der Waals surface area (Å²) in [6.45, 7) is 0.267. The first-order valence-corrected chi connectivity index (χ1v) is 7.36. The molecule has 1 heterocycles. The van der Waals surface area contributed by atoms with Gasteiger partial charge in [0.05, 0.1) is 5.56 Å². The summed E-state index contributed by atoms with van der Waals surface area (Å²) in [6.07, 6.45) is 2.93. The topological polar surface area (TPSA) is 42.0 Å². The molecule has 0 unspecified atom stereocenters. The lowest BCUT2D eigenvalue weighted by Crippen LogP contribution is -2.23. The predicted octanol–water partition coefficient (Wildman–Crippen LogP) is 3.96. The highest BCUT2D eigenvalue weighted by atomic mass is 19.1. The van der Waals surface area contributed by atoms with Gasteiger partial charge in [-0.25, -0.2) is 8.78 Å². The normalized spacial score (nSPS) is 10.4. The van der Waals surface area contributed by atoms with Crippen molar-refractivity contribution >= 4 is 5.91 Å². The molecule has 0 fully saturated rings. The van der Waals surface area contributed by atoms with Crippen LogP contribution in [-0.2, 0) is 6.54 Å². The Bertz CT molecular complexity index is 863. The van der Waals surface area contributed by atoms with Crippen LogP contribution in [0.2, 0.25) is 0 Å². The van der Waals surface area contributed by atoms with Gasteiger partial charge in [-0.3, -0.25) is 9.78 Å². The van der Waals surface area contributed by atoms with E-state index >= 15 is 0 Å². The molecule has 1 amide bonds. The Morgan fingerprint density at radius 1 is 1.00 bits per heavy atom. The van der Waals surface area contributed by atoms with Crippen LogP contribution in [0.1, 0.15) is 15.9 Å². The molecule has 0 aliphatic heterocycles.